The fourth-order valence-electron chi connectivity index (χ4n) is 7.13. The molecule has 0 spiro atoms. The van der Waals surface area contributed by atoms with Crippen LogP contribution in [0.3, 0.4) is 0 Å². The molecular formula is C43H86N4O7S. The average molecular weight is 803 g/mol. The van der Waals surface area contributed by atoms with Gasteiger partial charge in [0, 0.05) is 72.5 Å². The van der Waals surface area contributed by atoms with Gasteiger partial charge in [-0.1, -0.05) is 11.8 Å². The van der Waals surface area contributed by atoms with Crippen molar-refractivity contribution in [3.05, 3.63) is 0 Å². The Bertz CT molecular complexity index is 1110. The standard InChI is InChI=1S/C43H86N4O7S/c1-33(30-44(38(3,4)5)21-23-46(40(9,10)11)41(12,13)14)51-25-27-53-35(48)29-37(50)55-32-36(49)54-28-26-52-34(2)31-45(39(6,7)8)22-24-47(42(15,16)17)43(18,19)20/h33-34H,21-32H2,1-20H3. The summed E-state index contributed by atoms with van der Waals surface area (Å²) in [7, 11) is 0. The van der Waals surface area contributed by atoms with Crippen molar-refractivity contribution in [1.29, 1.82) is 0 Å². The smallest absolute Gasteiger partial charge is 0.316 e. The summed E-state index contributed by atoms with van der Waals surface area (Å²) in [5, 5.41) is -0.444. The van der Waals surface area contributed by atoms with Crippen LogP contribution < -0.4 is 0 Å². The molecule has 0 aromatic heterocycles. The van der Waals surface area contributed by atoms with Crippen molar-refractivity contribution in [3.63, 3.8) is 0 Å². The normalized spacial score (nSPS) is 14.9. The van der Waals surface area contributed by atoms with E-state index in [1.54, 1.807) is 0 Å². The Balaban J connectivity index is 4.55. The number of carbonyl (C=O) groups excluding carboxylic acids is 3. The van der Waals surface area contributed by atoms with Crippen molar-refractivity contribution in [2.75, 3.05) is 71.4 Å². The number of hydrogen-bond acceptors (Lipinski definition) is 12. The molecule has 0 N–H and O–H groups in total. The van der Waals surface area contributed by atoms with E-state index in [2.05, 4.69) is 144 Å². The number of ether oxygens (including phenoxy) is 4. The quantitative estimate of drug-likeness (QED) is 0.0615. The van der Waals surface area contributed by atoms with Gasteiger partial charge in [0.25, 0.3) is 0 Å². The molecule has 326 valence electrons. The maximum atomic E-state index is 12.3. The van der Waals surface area contributed by atoms with Crippen LogP contribution in [0.25, 0.3) is 0 Å². The van der Waals surface area contributed by atoms with E-state index in [9.17, 15) is 14.4 Å². The molecular weight excluding hydrogens is 717 g/mol. The highest BCUT2D eigenvalue weighted by Gasteiger charge is 2.34. The van der Waals surface area contributed by atoms with Gasteiger partial charge in [0.05, 0.1) is 31.2 Å². The van der Waals surface area contributed by atoms with Gasteiger partial charge in [-0.25, -0.2) is 0 Å². The molecule has 0 aromatic rings. The molecule has 55 heavy (non-hydrogen) atoms. The van der Waals surface area contributed by atoms with E-state index in [0.717, 1.165) is 51.0 Å². The molecule has 0 amide bonds. The van der Waals surface area contributed by atoms with Gasteiger partial charge in [-0.05, 0) is 138 Å². The van der Waals surface area contributed by atoms with Crippen molar-refractivity contribution in [1.82, 2.24) is 19.6 Å². The van der Waals surface area contributed by atoms with Crippen molar-refractivity contribution in [2.45, 2.75) is 190 Å². The van der Waals surface area contributed by atoms with Gasteiger partial charge in [-0.2, -0.15) is 0 Å². The van der Waals surface area contributed by atoms with Gasteiger partial charge < -0.3 is 18.9 Å². The molecule has 0 aliphatic carbocycles. The Hall–Kier alpha value is -1.28. The topological polar surface area (TPSA) is 101 Å². The third-order valence-electron chi connectivity index (χ3n) is 9.42. The summed E-state index contributed by atoms with van der Waals surface area (Å²) in [5.74, 6) is -1.34. The molecule has 0 radical (unpaired) electrons. The lowest BCUT2D eigenvalue weighted by Crippen LogP contribution is -2.57. The zero-order valence-electron chi connectivity index (χ0n) is 39.2. The monoisotopic (exact) mass is 803 g/mol. The summed E-state index contributed by atoms with van der Waals surface area (Å²) < 4.78 is 22.5. The minimum atomic E-state index is -0.640. The first-order chi connectivity index (χ1) is 24.7. The Morgan fingerprint density at radius 3 is 1.11 bits per heavy atom. The highest BCUT2D eigenvalue weighted by molar-refractivity contribution is 8.14. The van der Waals surface area contributed by atoms with Crippen LogP contribution in [0, 0.1) is 0 Å². The molecule has 11 nitrogen and oxygen atoms in total. The predicted octanol–water partition coefficient (Wildman–Crippen LogP) is 7.53. The molecule has 0 rings (SSSR count). The van der Waals surface area contributed by atoms with Crippen molar-refractivity contribution in [2.24, 2.45) is 0 Å². The number of esters is 2. The summed E-state index contributed by atoms with van der Waals surface area (Å²) in [6.45, 7) is 50.2. The van der Waals surface area contributed by atoms with Crippen LogP contribution in [0.2, 0.25) is 0 Å². The van der Waals surface area contributed by atoms with Gasteiger partial charge in [0.2, 0.25) is 5.12 Å². The van der Waals surface area contributed by atoms with Gasteiger partial charge in [-0.15, -0.1) is 0 Å². The Kier molecular flexibility index (Phi) is 22.2. The highest BCUT2D eigenvalue weighted by Crippen LogP contribution is 2.27. The minimum Gasteiger partial charge on any atom is -0.463 e. The van der Waals surface area contributed by atoms with Crippen LogP contribution in [0.15, 0.2) is 0 Å². The molecule has 0 saturated heterocycles. The molecule has 0 fully saturated rings. The Morgan fingerprint density at radius 2 is 0.800 bits per heavy atom. The first-order valence-corrected chi connectivity index (χ1v) is 21.4. The van der Waals surface area contributed by atoms with Crippen LogP contribution >= 0.6 is 11.8 Å². The van der Waals surface area contributed by atoms with Gasteiger partial charge >= 0.3 is 11.9 Å². The van der Waals surface area contributed by atoms with Gasteiger partial charge in [0.15, 0.2) is 0 Å². The van der Waals surface area contributed by atoms with Crippen LogP contribution in [-0.4, -0.2) is 154 Å². The molecule has 0 bridgehead atoms. The molecule has 12 heteroatoms. The second kappa shape index (κ2) is 22.8. The lowest BCUT2D eigenvalue weighted by molar-refractivity contribution is -0.147. The molecule has 2 unspecified atom stereocenters. The highest BCUT2D eigenvalue weighted by atomic mass is 32.2. The molecule has 2 atom stereocenters. The fraction of sp³-hybridized carbons (Fsp3) is 0.930. The second-order valence-corrected chi connectivity index (χ2v) is 21.9. The largest absolute Gasteiger partial charge is 0.463 e. The molecule has 0 aliphatic heterocycles. The summed E-state index contributed by atoms with van der Waals surface area (Å²) in [4.78, 5) is 46.8. The van der Waals surface area contributed by atoms with Crippen molar-refractivity contribution < 1.29 is 33.3 Å². The molecule has 0 saturated carbocycles. The van der Waals surface area contributed by atoms with E-state index in [1.165, 1.54) is 0 Å². The predicted molar refractivity (Wildman–Crippen MR) is 230 cm³/mol. The number of carbonyl (C=O) groups is 3. The van der Waals surface area contributed by atoms with E-state index in [0.29, 0.717) is 0 Å². The lowest BCUT2D eigenvalue weighted by Gasteiger charge is -2.47. The number of hydrogen-bond donors (Lipinski definition) is 0. The fourth-order valence-corrected chi connectivity index (χ4v) is 7.72. The summed E-state index contributed by atoms with van der Waals surface area (Å²) in [6, 6.07) is 0. The first kappa shape index (κ1) is 53.7. The molecule has 0 heterocycles. The van der Waals surface area contributed by atoms with Crippen LogP contribution in [0.5, 0.6) is 0 Å². The number of rotatable bonds is 22. The minimum absolute atomic E-state index is 0.0379. The van der Waals surface area contributed by atoms with E-state index in [4.69, 9.17) is 18.9 Å². The van der Waals surface area contributed by atoms with E-state index in [1.807, 2.05) is 13.8 Å². The maximum absolute atomic E-state index is 12.3. The van der Waals surface area contributed by atoms with Gasteiger partial charge in [-0.3, -0.25) is 34.0 Å². The third kappa shape index (κ3) is 23.7. The van der Waals surface area contributed by atoms with E-state index < -0.39 is 23.5 Å². The summed E-state index contributed by atoms with van der Waals surface area (Å²) >= 11 is 0.756. The third-order valence-corrected chi connectivity index (χ3v) is 10.3. The maximum Gasteiger partial charge on any atom is 0.316 e. The van der Waals surface area contributed by atoms with Crippen LogP contribution in [-0.2, 0) is 33.3 Å². The van der Waals surface area contributed by atoms with Gasteiger partial charge in [0.1, 0.15) is 19.6 Å². The number of nitrogens with zero attached hydrogens (tertiary/aromatic N) is 4. The molecule has 0 aromatic carbocycles. The second-order valence-electron chi connectivity index (χ2n) is 20.9. The molecule has 0 aliphatic rings. The zero-order chi connectivity index (χ0) is 43.2. The van der Waals surface area contributed by atoms with E-state index in [-0.39, 0.29) is 77.6 Å². The van der Waals surface area contributed by atoms with E-state index >= 15 is 0 Å². The SMILES string of the molecule is CC(CN(CCN(C(C)(C)C)C(C)(C)C)C(C)(C)C)OCCOC(=O)CSC(=O)CC(=O)OCCOC(C)CN(CCN(C(C)(C)C)C(C)(C)C)C(C)(C)C. The lowest BCUT2D eigenvalue weighted by atomic mass is 9.95. The van der Waals surface area contributed by atoms with Crippen molar-refractivity contribution in [3.8, 4) is 0 Å². The van der Waals surface area contributed by atoms with Crippen molar-refractivity contribution >= 4 is 28.8 Å². The summed E-state index contributed by atoms with van der Waals surface area (Å²) in [6.07, 6.45) is -0.557. The van der Waals surface area contributed by atoms with Crippen LogP contribution in [0.1, 0.15) is 145 Å². The Labute approximate surface area is 342 Å². The Morgan fingerprint density at radius 1 is 0.473 bits per heavy atom. The number of thioether (sulfide) groups is 1. The summed E-state index contributed by atoms with van der Waals surface area (Å²) in [5.41, 5.74) is 0.102. The first-order valence-electron chi connectivity index (χ1n) is 20.4. The zero-order valence-corrected chi connectivity index (χ0v) is 40.0. The average Bonchev–Trinajstić information content (AvgIpc) is 2.95. The van der Waals surface area contributed by atoms with Crippen LogP contribution in [0.4, 0.5) is 0 Å².